The number of nitrogens with zero attached hydrogens (tertiary/aromatic N) is 1. The van der Waals surface area contributed by atoms with Crippen molar-refractivity contribution in [3.05, 3.63) is 65.5 Å². The lowest BCUT2D eigenvalue weighted by molar-refractivity contribution is 0.573. The molecule has 0 spiro atoms. The molecule has 0 unspecified atom stereocenters. The van der Waals surface area contributed by atoms with Gasteiger partial charge in [-0.15, -0.1) is 11.8 Å². The molecule has 106 valence electrons. The number of nitrogens with two attached hydrogens (primary N) is 1. The van der Waals surface area contributed by atoms with Gasteiger partial charge in [0.25, 0.3) is 0 Å². The van der Waals surface area contributed by atoms with Gasteiger partial charge in [0.15, 0.2) is 0 Å². The number of benzene rings is 2. The minimum absolute atomic E-state index is 0.630. The van der Waals surface area contributed by atoms with Crippen LogP contribution >= 0.6 is 23.4 Å². The molecule has 0 aliphatic carbocycles. The molecule has 0 atom stereocenters. The first-order valence-electron chi connectivity index (χ1n) is 6.40. The van der Waals surface area contributed by atoms with Crippen LogP contribution in [0.3, 0.4) is 0 Å². The van der Waals surface area contributed by atoms with Crippen LogP contribution in [0.4, 0.5) is 5.69 Å². The molecule has 0 aliphatic rings. The highest BCUT2D eigenvalue weighted by Crippen LogP contribution is 2.31. The van der Waals surface area contributed by atoms with Crippen molar-refractivity contribution in [3.63, 3.8) is 0 Å². The number of hydrogen-bond acceptors (Lipinski definition) is 4. The number of oxazole rings is 1. The van der Waals surface area contributed by atoms with Crippen LogP contribution in [-0.2, 0) is 5.75 Å². The summed E-state index contributed by atoms with van der Waals surface area (Å²) in [5, 5.41) is 0.678. The largest absolute Gasteiger partial charge is 0.444 e. The molecule has 1 aromatic heterocycles. The van der Waals surface area contributed by atoms with Crippen molar-refractivity contribution < 1.29 is 4.42 Å². The molecule has 3 aromatic rings. The van der Waals surface area contributed by atoms with E-state index in [2.05, 4.69) is 4.98 Å². The molecule has 0 radical (unpaired) electrons. The fraction of sp³-hybridized carbons (Fsp3) is 0.0625. The molecule has 21 heavy (non-hydrogen) atoms. The van der Waals surface area contributed by atoms with Crippen LogP contribution in [-0.4, -0.2) is 4.98 Å². The Labute approximate surface area is 132 Å². The zero-order chi connectivity index (χ0) is 14.7. The van der Waals surface area contributed by atoms with Crippen LogP contribution in [0.5, 0.6) is 0 Å². The van der Waals surface area contributed by atoms with Crippen LogP contribution in [0.15, 0.2) is 64.1 Å². The first-order valence-corrected chi connectivity index (χ1v) is 7.76. The number of thioether (sulfide) groups is 1. The average Bonchev–Trinajstić information content (AvgIpc) is 2.98. The zero-order valence-corrected chi connectivity index (χ0v) is 12.7. The Bertz CT molecular complexity index is 743. The summed E-state index contributed by atoms with van der Waals surface area (Å²) < 4.78 is 5.51. The van der Waals surface area contributed by atoms with Gasteiger partial charge in [0.1, 0.15) is 6.26 Å². The number of halogens is 1. The van der Waals surface area contributed by atoms with E-state index in [-0.39, 0.29) is 0 Å². The van der Waals surface area contributed by atoms with Gasteiger partial charge in [-0.2, -0.15) is 0 Å². The molecular formula is C16H13ClN2OS. The van der Waals surface area contributed by atoms with Crippen molar-refractivity contribution in [2.75, 3.05) is 5.73 Å². The fourth-order valence-corrected chi connectivity index (χ4v) is 2.99. The smallest absolute Gasteiger partial charge is 0.226 e. The van der Waals surface area contributed by atoms with Crippen molar-refractivity contribution in [1.82, 2.24) is 4.98 Å². The van der Waals surface area contributed by atoms with E-state index in [4.69, 9.17) is 21.8 Å². The molecular weight excluding hydrogens is 304 g/mol. The third kappa shape index (κ3) is 3.40. The van der Waals surface area contributed by atoms with Gasteiger partial charge in [-0.25, -0.2) is 4.98 Å². The number of rotatable bonds is 4. The highest BCUT2D eigenvalue weighted by Gasteiger charge is 2.08. The summed E-state index contributed by atoms with van der Waals surface area (Å²) in [4.78, 5) is 5.44. The van der Waals surface area contributed by atoms with Gasteiger partial charge >= 0.3 is 0 Å². The number of anilines is 1. The maximum absolute atomic E-state index is 5.98. The molecule has 3 rings (SSSR count). The Balaban J connectivity index is 1.72. The first kappa shape index (κ1) is 14.0. The van der Waals surface area contributed by atoms with Crippen LogP contribution in [0.25, 0.3) is 11.5 Å². The maximum atomic E-state index is 5.98. The van der Waals surface area contributed by atoms with Gasteiger partial charge in [-0.3, -0.25) is 0 Å². The molecule has 0 bridgehead atoms. The van der Waals surface area contributed by atoms with Crippen LogP contribution in [0.2, 0.25) is 5.02 Å². The standard InChI is InChI=1S/C16H13ClN2OS/c17-12-6-7-14(18)15(8-12)21-10-13-9-20-16(19-13)11-4-2-1-3-5-11/h1-9H,10,18H2. The van der Waals surface area contributed by atoms with Crippen molar-refractivity contribution in [2.24, 2.45) is 0 Å². The number of nitrogen functional groups attached to an aromatic ring is 1. The quantitative estimate of drug-likeness (QED) is 0.551. The summed E-state index contributed by atoms with van der Waals surface area (Å²) in [6.45, 7) is 0. The summed E-state index contributed by atoms with van der Waals surface area (Å²) in [7, 11) is 0. The molecule has 0 saturated carbocycles. The Kier molecular flexibility index (Phi) is 4.18. The van der Waals surface area contributed by atoms with Crippen molar-refractivity contribution >= 4 is 29.1 Å². The van der Waals surface area contributed by atoms with E-state index in [0.29, 0.717) is 16.7 Å². The summed E-state index contributed by atoms with van der Waals surface area (Å²) in [6.07, 6.45) is 1.68. The monoisotopic (exact) mass is 316 g/mol. The maximum Gasteiger partial charge on any atom is 0.226 e. The normalized spacial score (nSPS) is 10.7. The van der Waals surface area contributed by atoms with Crippen LogP contribution in [0, 0.1) is 0 Å². The number of aromatic nitrogens is 1. The average molecular weight is 317 g/mol. The summed E-state index contributed by atoms with van der Waals surface area (Å²) in [6, 6.07) is 15.3. The van der Waals surface area contributed by atoms with Gasteiger partial charge in [0.2, 0.25) is 5.89 Å². The lowest BCUT2D eigenvalue weighted by Gasteiger charge is -2.04. The van der Waals surface area contributed by atoms with E-state index < -0.39 is 0 Å². The summed E-state index contributed by atoms with van der Waals surface area (Å²) in [5.41, 5.74) is 8.49. The molecule has 0 saturated heterocycles. The minimum Gasteiger partial charge on any atom is -0.444 e. The zero-order valence-electron chi connectivity index (χ0n) is 11.1. The Hall–Kier alpha value is -1.91. The van der Waals surface area contributed by atoms with Crippen molar-refractivity contribution in [1.29, 1.82) is 0 Å². The number of hydrogen-bond donors (Lipinski definition) is 1. The van der Waals surface area contributed by atoms with E-state index in [1.54, 1.807) is 24.1 Å². The van der Waals surface area contributed by atoms with Gasteiger partial charge in [-0.05, 0) is 30.3 Å². The summed E-state index contributed by atoms with van der Waals surface area (Å²) in [5.74, 6) is 1.31. The fourth-order valence-electron chi connectivity index (χ4n) is 1.87. The SMILES string of the molecule is Nc1ccc(Cl)cc1SCc1coc(-c2ccccc2)n1. The van der Waals surface area contributed by atoms with E-state index in [0.717, 1.165) is 21.8 Å². The Morgan fingerprint density at radius 2 is 1.95 bits per heavy atom. The van der Waals surface area contributed by atoms with Gasteiger partial charge in [-0.1, -0.05) is 29.8 Å². The second kappa shape index (κ2) is 6.24. The van der Waals surface area contributed by atoms with E-state index in [9.17, 15) is 0 Å². The second-order valence-corrected chi connectivity index (χ2v) is 5.93. The van der Waals surface area contributed by atoms with Crippen LogP contribution < -0.4 is 5.73 Å². The highest BCUT2D eigenvalue weighted by molar-refractivity contribution is 7.98. The Morgan fingerprint density at radius 3 is 2.76 bits per heavy atom. The first-order chi connectivity index (χ1) is 10.2. The third-order valence-corrected chi connectivity index (χ3v) is 4.26. The van der Waals surface area contributed by atoms with Crippen LogP contribution in [0.1, 0.15) is 5.69 Å². The predicted molar refractivity (Wildman–Crippen MR) is 87.4 cm³/mol. The molecule has 5 heteroatoms. The predicted octanol–water partition coefficient (Wildman–Crippen LogP) is 4.87. The Morgan fingerprint density at radius 1 is 1.14 bits per heavy atom. The van der Waals surface area contributed by atoms with Gasteiger partial charge in [0, 0.05) is 26.9 Å². The van der Waals surface area contributed by atoms with Crippen molar-refractivity contribution in [2.45, 2.75) is 10.6 Å². The lowest BCUT2D eigenvalue weighted by atomic mass is 10.2. The lowest BCUT2D eigenvalue weighted by Crippen LogP contribution is -1.89. The molecule has 1 heterocycles. The third-order valence-electron chi connectivity index (χ3n) is 2.92. The van der Waals surface area contributed by atoms with Crippen molar-refractivity contribution in [3.8, 4) is 11.5 Å². The topological polar surface area (TPSA) is 52.0 Å². The molecule has 0 amide bonds. The molecule has 2 N–H and O–H groups in total. The molecule has 0 aliphatic heterocycles. The van der Waals surface area contributed by atoms with Gasteiger partial charge in [0.05, 0.1) is 5.69 Å². The summed E-state index contributed by atoms with van der Waals surface area (Å²) >= 11 is 7.57. The van der Waals surface area contributed by atoms with E-state index in [1.165, 1.54) is 0 Å². The molecule has 0 fully saturated rings. The van der Waals surface area contributed by atoms with E-state index >= 15 is 0 Å². The highest BCUT2D eigenvalue weighted by atomic mass is 35.5. The molecule has 3 nitrogen and oxygen atoms in total. The van der Waals surface area contributed by atoms with E-state index in [1.807, 2.05) is 42.5 Å². The van der Waals surface area contributed by atoms with Gasteiger partial charge < -0.3 is 10.2 Å². The molecule has 2 aromatic carbocycles. The second-order valence-electron chi connectivity index (χ2n) is 4.48. The minimum atomic E-state index is 0.630.